The monoisotopic (exact) mass is 164 g/mol. The molecule has 1 heterocycles. The van der Waals surface area contributed by atoms with E-state index >= 15 is 0 Å². The molecule has 4 heteroatoms. The SMILES string of the molecule is CC1(C(=O)[O-])CCNC1.Cl. The van der Waals surface area contributed by atoms with Crippen LogP contribution in [-0.2, 0) is 4.79 Å². The first kappa shape index (κ1) is 9.72. The van der Waals surface area contributed by atoms with E-state index in [2.05, 4.69) is 5.32 Å². The maximum Gasteiger partial charge on any atom is 0.0486 e. The van der Waals surface area contributed by atoms with E-state index in [0.717, 1.165) is 6.54 Å². The zero-order valence-corrected chi connectivity index (χ0v) is 6.66. The molecule has 0 radical (unpaired) electrons. The second kappa shape index (κ2) is 3.21. The molecule has 0 amide bonds. The molecule has 1 rings (SSSR count). The Morgan fingerprint density at radius 2 is 2.30 bits per heavy atom. The molecule has 0 aromatic rings. The van der Waals surface area contributed by atoms with Gasteiger partial charge in [-0.05, 0) is 13.0 Å². The molecule has 1 fully saturated rings. The number of carboxylic acids is 1. The van der Waals surface area contributed by atoms with Gasteiger partial charge < -0.3 is 15.2 Å². The van der Waals surface area contributed by atoms with Crippen molar-refractivity contribution in [1.29, 1.82) is 0 Å². The van der Waals surface area contributed by atoms with Crippen LogP contribution in [0.25, 0.3) is 0 Å². The van der Waals surface area contributed by atoms with Gasteiger partial charge in [-0.2, -0.15) is 0 Å². The van der Waals surface area contributed by atoms with Gasteiger partial charge in [0.05, 0.1) is 0 Å². The van der Waals surface area contributed by atoms with Crippen LogP contribution in [0.2, 0.25) is 0 Å². The summed E-state index contributed by atoms with van der Waals surface area (Å²) in [6.45, 7) is 3.06. The quantitative estimate of drug-likeness (QED) is 0.550. The van der Waals surface area contributed by atoms with E-state index in [1.165, 1.54) is 0 Å². The molecule has 1 aliphatic heterocycles. The van der Waals surface area contributed by atoms with Crippen molar-refractivity contribution in [2.75, 3.05) is 13.1 Å². The summed E-state index contributed by atoms with van der Waals surface area (Å²) in [4.78, 5) is 10.4. The molecular weight excluding hydrogens is 154 g/mol. The molecule has 0 aromatic heterocycles. The fourth-order valence-electron chi connectivity index (χ4n) is 0.991. The van der Waals surface area contributed by atoms with Crippen molar-refractivity contribution in [3.05, 3.63) is 0 Å². The van der Waals surface area contributed by atoms with Crippen molar-refractivity contribution in [3.8, 4) is 0 Å². The van der Waals surface area contributed by atoms with Crippen molar-refractivity contribution in [1.82, 2.24) is 5.32 Å². The van der Waals surface area contributed by atoms with Crippen LogP contribution in [0.4, 0.5) is 0 Å². The number of carboxylic acid groups (broad SMARTS) is 1. The first-order chi connectivity index (χ1) is 4.15. The Morgan fingerprint density at radius 3 is 2.50 bits per heavy atom. The fraction of sp³-hybridized carbons (Fsp3) is 0.833. The zero-order chi connectivity index (χ0) is 6.91. The van der Waals surface area contributed by atoms with Crippen molar-refractivity contribution < 1.29 is 9.90 Å². The van der Waals surface area contributed by atoms with Crippen LogP contribution in [0.1, 0.15) is 13.3 Å². The average molecular weight is 165 g/mol. The molecule has 0 aliphatic carbocycles. The lowest BCUT2D eigenvalue weighted by Crippen LogP contribution is -2.41. The number of hydrogen-bond acceptors (Lipinski definition) is 3. The van der Waals surface area contributed by atoms with Crippen molar-refractivity contribution in [2.24, 2.45) is 5.41 Å². The number of carbonyl (C=O) groups is 1. The molecule has 0 saturated carbocycles. The Balaban J connectivity index is 0.000000810. The maximum absolute atomic E-state index is 10.4. The highest BCUT2D eigenvalue weighted by atomic mass is 35.5. The molecule has 1 saturated heterocycles. The molecule has 0 bridgehead atoms. The van der Waals surface area contributed by atoms with E-state index in [1.807, 2.05) is 0 Å². The third-order valence-electron chi connectivity index (χ3n) is 1.86. The van der Waals surface area contributed by atoms with Crippen molar-refractivity contribution in [2.45, 2.75) is 13.3 Å². The van der Waals surface area contributed by atoms with Crippen LogP contribution in [-0.4, -0.2) is 19.1 Å². The second-order valence-electron chi connectivity index (χ2n) is 2.77. The topological polar surface area (TPSA) is 52.2 Å². The van der Waals surface area contributed by atoms with Gasteiger partial charge in [-0.15, -0.1) is 12.4 Å². The molecule has 0 aromatic carbocycles. The summed E-state index contributed by atoms with van der Waals surface area (Å²) in [5.41, 5.74) is -0.611. The molecule has 1 aliphatic rings. The smallest absolute Gasteiger partial charge is 0.0486 e. The molecule has 1 N–H and O–H groups in total. The molecule has 1 unspecified atom stereocenters. The van der Waals surface area contributed by atoms with Gasteiger partial charge in [-0.1, -0.05) is 6.92 Å². The highest BCUT2D eigenvalue weighted by molar-refractivity contribution is 5.85. The summed E-state index contributed by atoms with van der Waals surface area (Å²) in [6, 6.07) is 0. The minimum Gasteiger partial charge on any atom is -0.550 e. The summed E-state index contributed by atoms with van der Waals surface area (Å²) in [5.74, 6) is -0.938. The summed E-state index contributed by atoms with van der Waals surface area (Å²) in [7, 11) is 0. The minimum absolute atomic E-state index is 0. The Hall–Kier alpha value is -0.280. The molecule has 1 atom stereocenters. The van der Waals surface area contributed by atoms with Gasteiger partial charge in [0.25, 0.3) is 0 Å². The maximum atomic E-state index is 10.4. The molecule has 3 nitrogen and oxygen atoms in total. The lowest BCUT2D eigenvalue weighted by Gasteiger charge is -2.22. The third kappa shape index (κ3) is 1.61. The summed E-state index contributed by atoms with van der Waals surface area (Å²) >= 11 is 0. The number of hydrogen-bond donors (Lipinski definition) is 1. The molecule has 60 valence electrons. The van der Waals surface area contributed by atoms with E-state index in [-0.39, 0.29) is 12.4 Å². The summed E-state index contributed by atoms with van der Waals surface area (Å²) in [5, 5.41) is 13.3. The second-order valence-corrected chi connectivity index (χ2v) is 2.77. The number of nitrogens with one attached hydrogen (secondary N) is 1. The van der Waals surface area contributed by atoms with Crippen LogP contribution >= 0.6 is 12.4 Å². The van der Waals surface area contributed by atoms with Crippen molar-refractivity contribution >= 4 is 18.4 Å². The zero-order valence-electron chi connectivity index (χ0n) is 5.85. The molecular formula is C6H11ClNO2-. The number of rotatable bonds is 1. The van der Waals surface area contributed by atoms with Gasteiger partial charge >= 0.3 is 0 Å². The van der Waals surface area contributed by atoms with Gasteiger partial charge in [0, 0.05) is 17.9 Å². The largest absolute Gasteiger partial charge is 0.550 e. The summed E-state index contributed by atoms with van der Waals surface area (Å²) in [6.07, 6.45) is 0.690. The van der Waals surface area contributed by atoms with Crippen LogP contribution in [0, 0.1) is 5.41 Å². The summed E-state index contributed by atoms with van der Waals surface area (Å²) < 4.78 is 0. The van der Waals surface area contributed by atoms with Gasteiger partial charge in [-0.25, -0.2) is 0 Å². The predicted molar refractivity (Wildman–Crippen MR) is 37.8 cm³/mol. The normalized spacial score (nSPS) is 31.3. The Labute approximate surface area is 66.2 Å². The first-order valence-corrected chi connectivity index (χ1v) is 3.07. The highest BCUT2D eigenvalue weighted by Gasteiger charge is 2.29. The number of aliphatic carboxylic acids is 1. The lowest BCUT2D eigenvalue weighted by molar-refractivity contribution is -0.317. The van der Waals surface area contributed by atoms with Crippen LogP contribution in [0.3, 0.4) is 0 Å². The standard InChI is InChI=1S/C6H11NO2.ClH/c1-6(5(8)9)2-3-7-4-6;/h7H,2-4H2,1H3,(H,8,9);1H/p-1. The van der Waals surface area contributed by atoms with Crippen LogP contribution in [0.15, 0.2) is 0 Å². The molecule has 0 spiro atoms. The van der Waals surface area contributed by atoms with Crippen LogP contribution < -0.4 is 10.4 Å². The van der Waals surface area contributed by atoms with Gasteiger partial charge in [0.1, 0.15) is 0 Å². The van der Waals surface area contributed by atoms with Gasteiger partial charge in [0.2, 0.25) is 0 Å². The Bertz CT molecular complexity index is 132. The van der Waals surface area contributed by atoms with E-state index in [4.69, 9.17) is 0 Å². The van der Waals surface area contributed by atoms with E-state index < -0.39 is 11.4 Å². The highest BCUT2D eigenvalue weighted by Crippen LogP contribution is 2.22. The number of carbonyl (C=O) groups excluding carboxylic acids is 1. The minimum atomic E-state index is -0.938. The number of halogens is 1. The Morgan fingerprint density at radius 1 is 1.70 bits per heavy atom. The predicted octanol–water partition coefficient (Wildman–Crippen LogP) is -0.842. The molecule has 10 heavy (non-hydrogen) atoms. The fourth-order valence-corrected chi connectivity index (χ4v) is 0.991. The van der Waals surface area contributed by atoms with E-state index in [1.54, 1.807) is 6.92 Å². The lowest BCUT2D eigenvalue weighted by atomic mass is 9.90. The van der Waals surface area contributed by atoms with Crippen LogP contribution in [0.5, 0.6) is 0 Å². The average Bonchev–Trinajstić information content (AvgIpc) is 2.16. The Kier molecular flexibility index (Phi) is 3.12. The van der Waals surface area contributed by atoms with Gasteiger partial charge in [0.15, 0.2) is 0 Å². The first-order valence-electron chi connectivity index (χ1n) is 3.07. The van der Waals surface area contributed by atoms with Crippen molar-refractivity contribution in [3.63, 3.8) is 0 Å². The van der Waals surface area contributed by atoms with Gasteiger partial charge in [-0.3, -0.25) is 0 Å². The van der Waals surface area contributed by atoms with E-state index in [0.29, 0.717) is 13.0 Å². The third-order valence-corrected chi connectivity index (χ3v) is 1.86. The van der Waals surface area contributed by atoms with E-state index in [9.17, 15) is 9.90 Å².